The fourth-order valence-electron chi connectivity index (χ4n) is 2.48. The number of hydrogen-bond acceptors (Lipinski definition) is 4. The van der Waals surface area contributed by atoms with Gasteiger partial charge in [-0.2, -0.15) is 0 Å². The standard InChI is InChI=1S/C13H16N2O3/c1-8-3-2-4-9-13(8)14-7-15(9)12-5-10(17)11(6-16)18-12/h2-4,7,10-12,16-17H,5-6H2,1H3/t10-,11-,12-/m1/s1. The average Bonchev–Trinajstić information content (AvgIpc) is 2.93. The molecule has 0 saturated carbocycles. The molecule has 3 atom stereocenters. The summed E-state index contributed by atoms with van der Waals surface area (Å²) in [6.45, 7) is 1.85. The molecule has 1 aliphatic rings. The number of fused-ring (bicyclic) bond motifs is 1. The van der Waals surface area contributed by atoms with Crippen molar-refractivity contribution < 1.29 is 14.9 Å². The lowest BCUT2D eigenvalue weighted by Gasteiger charge is -2.14. The van der Waals surface area contributed by atoms with Crippen LogP contribution in [0.1, 0.15) is 18.2 Å². The normalized spacial score (nSPS) is 28.1. The van der Waals surface area contributed by atoms with Crippen LogP contribution >= 0.6 is 0 Å². The van der Waals surface area contributed by atoms with E-state index in [9.17, 15) is 5.11 Å². The number of hydrogen-bond donors (Lipinski definition) is 2. The number of benzene rings is 1. The minimum absolute atomic E-state index is 0.163. The third kappa shape index (κ3) is 1.71. The number of para-hydroxylation sites is 1. The van der Waals surface area contributed by atoms with Crippen LogP contribution in [0.15, 0.2) is 24.5 Å². The highest BCUT2D eigenvalue weighted by molar-refractivity contribution is 5.78. The summed E-state index contributed by atoms with van der Waals surface area (Å²) in [7, 11) is 0. The second-order valence-corrected chi connectivity index (χ2v) is 4.71. The van der Waals surface area contributed by atoms with Crippen molar-refractivity contribution in [3.8, 4) is 0 Å². The topological polar surface area (TPSA) is 67.5 Å². The van der Waals surface area contributed by atoms with E-state index in [1.807, 2.05) is 29.7 Å². The molecule has 2 aromatic rings. The Bertz CT molecular complexity index is 566. The molecular formula is C13H16N2O3. The van der Waals surface area contributed by atoms with Crippen LogP contribution in [-0.4, -0.2) is 38.6 Å². The maximum Gasteiger partial charge on any atom is 0.138 e. The molecule has 1 saturated heterocycles. The summed E-state index contributed by atoms with van der Waals surface area (Å²) in [6.07, 6.45) is 0.822. The van der Waals surface area contributed by atoms with Gasteiger partial charge >= 0.3 is 0 Å². The van der Waals surface area contributed by atoms with Crippen LogP contribution in [0.4, 0.5) is 0 Å². The van der Waals surface area contributed by atoms with Crippen molar-refractivity contribution in [1.82, 2.24) is 9.55 Å². The summed E-state index contributed by atoms with van der Waals surface area (Å²) in [5, 5.41) is 18.9. The maximum atomic E-state index is 9.77. The van der Waals surface area contributed by atoms with Gasteiger partial charge in [-0.05, 0) is 18.6 Å². The zero-order valence-corrected chi connectivity index (χ0v) is 10.2. The van der Waals surface area contributed by atoms with Crippen molar-refractivity contribution >= 4 is 11.0 Å². The van der Waals surface area contributed by atoms with Gasteiger partial charge in [0.15, 0.2) is 0 Å². The molecule has 0 radical (unpaired) electrons. The van der Waals surface area contributed by atoms with E-state index in [0.717, 1.165) is 16.6 Å². The van der Waals surface area contributed by atoms with Crippen LogP contribution < -0.4 is 0 Å². The second-order valence-electron chi connectivity index (χ2n) is 4.71. The summed E-state index contributed by atoms with van der Waals surface area (Å²) in [4.78, 5) is 4.38. The first-order valence-corrected chi connectivity index (χ1v) is 6.07. The van der Waals surface area contributed by atoms with Crippen LogP contribution in [-0.2, 0) is 4.74 Å². The molecule has 1 aromatic carbocycles. The number of rotatable bonds is 2. The molecule has 5 nitrogen and oxygen atoms in total. The van der Waals surface area contributed by atoms with Gasteiger partial charge in [0.2, 0.25) is 0 Å². The lowest BCUT2D eigenvalue weighted by molar-refractivity contribution is -0.0430. The van der Waals surface area contributed by atoms with Crippen LogP contribution in [0.25, 0.3) is 11.0 Å². The van der Waals surface area contributed by atoms with Gasteiger partial charge in [0.05, 0.1) is 30.1 Å². The smallest absolute Gasteiger partial charge is 0.138 e. The Morgan fingerprint density at radius 1 is 1.50 bits per heavy atom. The average molecular weight is 248 g/mol. The Labute approximate surface area is 105 Å². The Hall–Kier alpha value is -1.43. The fraction of sp³-hybridized carbons (Fsp3) is 0.462. The molecule has 2 N–H and O–H groups in total. The number of aliphatic hydroxyl groups is 2. The third-order valence-electron chi connectivity index (χ3n) is 3.50. The van der Waals surface area contributed by atoms with Crippen molar-refractivity contribution in [2.24, 2.45) is 0 Å². The number of aliphatic hydroxyl groups excluding tert-OH is 2. The number of ether oxygens (including phenoxy) is 1. The minimum Gasteiger partial charge on any atom is -0.394 e. The van der Waals surface area contributed by atoms with Gasteiger partial charge in [0.25, 0.3) is 0 Å². The predicted octanol–water partition coefficient (Wildman–Crippen LogP) is 0.985. The van der Waals surface area contributed by atoms with E-state index in [1.54, 1.807) is 6.33 Å². The number of imidazole rings is 1. The Kier molecular flexibility index (Phi) is 2.81. The summed E-state index contributed by atoms with van der Waals surface area (Å²) in [5.41, 5.74) is 3.05. The zero-order chi connectivity index (χ0) is 12.7. The van der Waals surface area contributed by atoms with Gasteiger partial charge in [-0.25, -0.2) is 4.98 Å². The van der Waals surface area contributed by atoms with E-state index in [-0.39, 0.29) is 12.8 Å². The van der Waals surface area contributed by atoms with E-state index < -0.39 is 12.2 Å². The summed E-state index contributed by atoms with van der Waals surface area (Å²) in [6, 6.07) is 5.97. The number of aromatic nitrogens is 2. The van der Waals surface area contributed by atoms with Gasteiger partial charge in [-0.1, -0.05) is 12.1 Å². The summed E-state index contributed by atoms with van der Waals surface area (Å²) >= 11 is 0. The molecule has 3 rings (SSSR count). The van der Waals surface area contributed by atoms with Gasteiger partial charge in [0, 0.05) is 6.42 Å². The fourth-order valence-corrected chi connectivity index (χ4v) is 2.48. The van der Waals surface area contributed by atoms with E-state index in [2.05, 4.69) is 4.98 Å². The van der Waals surface area contributed by atoms with Crippen molar-refractivity contribution in [2.75, 3.05) is 6.61 Å². The summed E-state index contributed by atoms with van der Waals surface area (Å²) in [5.74, 6) is 0. The van der Waals surface area contributed by atoms with E-state index in [0.29, 0.717) is 6.42 Å². The van der Waals surface area contributed by atoms with Crippen molar-refractivity contribution in [1.29, 1.82) is 0 Å². The highest BCUT2D eigenvalue weighted by Gasteiger charge is 2.34. The minimum atomic E-state index is -0.623. The Morgan fingerprint density at radius 2 is 2.33 bits per heavy atom. The highest BCUT2D eigenvalue weighted by Crippen LogP contribution is 2.31. The van der Waals surface area contributed by atoms with Gasteiger partial charge < -0.3 is 19.5 Å². The molecule has 5 heteroatoms. The molecule has 18 heavy (non-hydrogen) atoms. The van der Waals surface area contributed by atoms with Crippen molar-refractivity contribution in [2.45, 2.75) is 31.8 Å². The predicted molar refractivity (Wildman–Crippen MR) is 66.1 cm³/mol. The molecule has 2 heterocycles. The lowest BCUT2D eigenvalue weighted by Crippen LogP contribution is -2.24. The van der Waals surface area contributed by atoms with Crippen LogP contribution in [0.3, 0.4) is 0 Å². The lowest BCUT2D eigenvalue weighted by atomic mass is 10.2. The molecule has 0 aliphatic carbocycles. The second kappa shape index (κ2) is 4.35. The van der Waals surface area contributed by atoms with Crippen LogP contribution in [0.2, 0.25) is 0 Å². The summed E-state index contributed by atoms with van der Waals surface area (Å²) < 4.78 is 7.56. The third-order valence-corrected chi connectivity index (χ3v) is 3.50. The van der Waals surface area contributed by atoms with E-state index >= 15 is 0 Å². The Balaban J connectivity index is 1.99. The van der Waals surface area contributed by atoms with Crippen LogP contribution in [0, 0.1) is 6.92 Å². The molecule has 1 fully saturated rings. The molecule has 0 unspecified atom stereocenters. The number of nitrogens with zero attached hydrogens (tertiary/aromatic N) is 2. The van der Waals surface area contributed by atoms with Crippen molar-refractivity contribution in [3.05, 3.63) is 30.1 Å². The first-order valence-electron chi connectivity index (χ1n) is 6.07. The van der Waals surface area contributed by atoms with Gasteiger partial charge in [0.1, 0.15) is 12.3 Å². The molecular weight excluding hydrogens is 232 g/mol. The first kappa shape index (κ1) is 11.6. The van der Waals surface area contributed by atoms with Crippen LogP contribution in [0.5, 0.6) is 0 Å². The number of aryl methyl sites for hydroxylation is 1. The van der Waals surface area contributed by atoms with Crippen molar-refractivity contribution in [3.63, 3.8) is 0 Å². The zero-order valence-electron chi connectivity index (χ0n) is 10.2. The maximum absolute atomic E-state index is 9.77. The van der Waals surface area contributed by atoms with E-state index in [1.165, 1.54) is 0 Å². The van der Waals surface area contributed by atoms with Gasteiger partial charge in [-0.15, -0.1) is 0 Å². The van der Waals surface area contributed by atoms with Gasteiger partial charge in [-0.3, -0.25) is 0 Å². The molecule has 0 spiro atoms. The highest BCUT2D eigenvalue weighted by atomic mass is 16.5. The molecule has 0 amide bonds. The molecule has 1 aromatic heterocycles. The SMILES string of the molecule is Cc1cccc2c1ncn2[C@H]1C[C@@H](O)[C@@H](CO)O1. The molecule has 0 bridgehead atoms. The van der Waals surface area contributed by atoms with E-state index in [4.69, 9.17) is 9.84 Å². The monoisotopic (exact) mass is 248 g/mol. The first-order chi connectivity index (χ1) is 8.70. The Morgan fingerprint density at radius 3 is 3.06 bits per heavy atom. The molecule has 96 valence electrons. The molecule has 1 aliphatic heterocycles. The largest absolute Gasteiger partial charge is 0.394 e. The quantitative estimate of drug-likeness (QED) is 0.831.